The minimum atomic E-state index is -0.585. The van der Waals surface area contributed by atoms with Crippen molar-refractivity contribution in [2.24, 2.45) is 0 Å². The fraction of sp³-hybridized carbons (Fsp3) is 0.650. The number of benzene rings is 1. The summed E-state index contributed by atoms with van der Waals surface area (Å²) in [6, 6.07) is 7.83. The first-order valence-electron chi connectivity index (χ1n) is 9.01. The van der Waals surface area contributed by atoms with Crippen molar-refractivity contribution in [1.82, 2.24) is 10.2 Å². The average Bonchev–Trinajstić information content (AvgIpc) is 2.57. The van der Waals surface area contributed by atoms with Crippen LogP contribution in [0.1, 0.15) is 41.0 Å². The van der Waals surface area contributed by atoms with Crippen molar-refractivity contribution in [3.8, 4) is 5.75 Å². The maximum absolute atomic E-state index is 12.1. The van der Waals surface area contributed by atoms with E-state index < -0.39 is 11.7 Å². The smallest absolute Gasteiger partial charge is 0.410 e. The van der Waals surface area contributed by atoms with Crippen molar-refractivity contribution in [2.45, 2.75) is 58.8 Å². The van der Waals surface area contributed by atoms with Crippen LogP contribution in [0.15, 0.2) is 28.7 Å². The first-order chi connectivity index (χ1) is 12.2. The molecule has 0 unspecified atom stereocenters. The molecule has 6 nitrogen and oxygen atoms in total. The van der Waals surface area contributed by atoms with Gasteiger partial charge in [0.2, 0.25) is 0 Å². The van der Waals surface area contributed by atoms with Gasteiger partial charge in [-0.2, -0.15) is 0 Å². The minimum Gasteiger partial charge on any atom is -0.491 e. The molecule has 154 valence electrons. The van der Waals surface area contributed by atoms with Gasteiger partial charge in [0.15, 0.2) is 0 Å². The van der Waals surface area contributed by atoms with E-state index in [1.54, 1.807) is 4.90 Å². The van der Waals surface area contributed by atoms with Crippen LogP contribution in [0.3, 0.4) is 0 Å². The maximum atomic E-state index is 12.1. The fourth-order valence-electron chi connectivity index (χ4n) is 2.70. The predicted octanol–water partition coefficient (Wildman–Crippen LogP) is 3.81. The van der Waals surface area contributed by atoms with Crippen molar-refractivity contribution < 1.29 is 19.4 Å². The van der Waals surface area contributed by atoms with E-state index in [0.717, 1.165) is 23.1 Å². The van der Waals surface area contributed by atoms with Gasteiger partial charge < -0.3 is 24.8 Å². The molecule has 0 aliphatic carbocycles. The lowest BCUT2D eigenvalue weighted by Crippen LogP contribution is -2.48. The number of hydrogen-bond donors (Lipinski definition) is 2. The van der Waals surface area contributed by atoms with Crippen LogP contribution >= 0.6 is 15.9 Å². The number of carbonyl (C=O) groups excluding carboxylic acids is 1. The number of rotatable bonds is 6. The number of aliphatic hydroxyl groups is 1. The Morgan fingerprint density at radius 3 is 2.63 bits per heavy atom. The van der Waals surface area contributed by atoms with Crippen LogP contribution in [0.25, 0.3) is 0 Å². The van der Waals surface area contributed by atoms with E-state index in [1.807, 2.05) is 45.0 Å². The highest BCUT2D eigenvalue weighted by atomic mass is 79.9. The zero-order chi connectivity index (χ0) is 19.2. The van der Waals surface area contributed by atoms with Crippen molar-refractivity contribution in [2.75, 3.05) is 26.2 Å². The summed E-state index contributed by atoms with van der Waals surface area (Å²) in [5.74, 6) is 0.726. The summed E-state index contributed by atoms with van der Waals surface area (Å²) < 4.78 is 11.9. The molecule has 1 aromatic carbocycles. The van der Waals surface area contributed by atoms with Crippen molar-refractivity contribution in [1.29, 1.82) is 0 Å². The van der Waals surface area contributed by atoms with Crippen LogP contribution in [-0.2, 0) is 4.74 Å². The molecule has 0 bridgehead atoms. The highest BCUT2D eigenvalue weighted by Crippen LogP contribution is 2.18. The summed E-state index contributed by atoms with van der Waals surface area (Å²) in [5.41, 5.74) is -0.468. The molecule has 2 rings (SSSR count). The van der Waals surface area contributed by atoms with Crippen LogP contribution in [0.5, 0.6) is 5.75 Å². The van der Waals surface area contributed by atoms with Crippen LogP contribution in [0, 0.1) is 0 Å². The van der Waals surface area contributed by atoms with Gasteiger partial charge in [0.05, 0.1) is 0 Å². The number of nitrogens with zero attached hydrogens (tertiary/aromatic N) is 1. The summed E-state index contributed by atoms with van der Waals surface area (Å²) in [6.07, 6.45) is 0.855. The number of piperidine rings is 1. The number of hydrogen-bond acceptors (Lipinski definition) is 5. The number of carbonyl (C=O) groups is 1. The molecular weight excluding hydrogens is 412 g/mol. The lowest BCUT2D eigenvalue weighted by Gasteiger charge is -2.34. The second-order valence-corrected chi connectivity index (χ2v) is 8.49. The number of ether oxygens (including phenoxy) is 2. The van der Waals surface area contributed by atoms with Gasteiger partial charge in [-0.1, -0.05) is 29.4 Å². The highest BCUT2D eigenvalue weighted by molar-refractivity contribution is 9.10. The maximum Gasteiger partial charge on any atom is 0.410 e. The molecule has 7 heteroatoms. The van der Waals surface area contributed by atoms with Crippen molar-refractivity contribution >= 4 is 22.0 Å². The Balaban J connectivity index is 0.00000364. The molecule has 2 N–H and O–H groups in total. The molecule has 1 aromatic rings. The number of halogens is 1. The number of aliphatic hydroxyl groups excluding tert-OH is 1. The summed E-state index contributed by atoms with van der Waals surface area (Å²) in [5, 5.41) is 13.5. The van der Waals surface area contributed by atoms with Crippen LogP contribution in [0.2, 0.25) is 0 Å². The molecule has 1 aliphatic heterocycles. The third-order valence-corrected chi connectivity index (χ3v) is 4.52. The lowest BCUT2D eigenvalue weighted by atomic mass is 10.1. The zero-order valence-electron chi connectivity index (χ0n) is 15.7. The molecule has 0 spiro atoms. The van der Waals surface area contributed by atoms with Gasteiger partial charge in [-0.25, -0.2) is 4.79 Å². The van der Waals surface area contributed by atoms with Crippen molar-refractivity contribution in [3.63, 3.8) is 0 Å². The van der Waals surface area contributed by atoms with Gasteiger partial charge >= 0.3 is 6.09 Å². The van der Waals surface area contributed by atoms with Gasteiger partial charge in [-0.15, -0.1) is 0 Å². The number of amides is 1. The van der Waals surface area contributed by atoms with E-state index in [4.69, 9.17) is 9.47 Å². The van der Waals surface area contributed by atoms with Crippen LogP contribution in [-0.4, -0.2) is 60.1 Å². The quantitative estimate of drug-likeness (QED) is 0.697. The Bertz CT molecular complexity index is 584. The molecular formula is C20H33BrN2O4. The molecule has 0 saturated carbocycles. The zero-order valence-corrected chi connectivity index (χ0v) is 17.3. The molecule has 1 fully saturated rings. The summed E-state index contributed by atoms with van der Waals surface area (Å²) in [7, 11) is 0. The Hall–Kier alpha value is -1.31. The van der Waals surface area contributed by atoms with E-state index in [-0.39, 0.29) is 26.2 Å². The molecule has 0 radical (unpaired) electrons. The normalized spacial score (nSPS) is 16.4. The molecule has 1 amide bonds. The largest absolute Gasteiger partial charge is 0.491 e. The minimum absolute atomic E-state index is 0. The first kappa shape index (κ1) is 23.7. The van der Waals surface area contributed by atoms with E-state index in [9.17, 15) is 9.90 Å². The molecule has 1 aliphatic rings. The monoisotopic (exact) mass is 444 g/mol. The van der Waals surface area contributed by atoms with E-state index >= 15 is 0 Å². The Kier molecular flexibility index (Phi) is 9.56. The second kappa shape index (κ2) is 10.9. The predicted molar refractivity (Wildman–Crippen MR) is 111 cm³/mol. The first-order valence-corrected chi connectivity index (χ1v) is 9.80. The fourth-order valence-corrected chi connectivity index (χ4v) is 3.08. The van der Waals surface area contributed by atoms with Crippen molar-refractivity contribution in [3.05, 3.63) is 28.7 Å². The van der Waals surface area contributed by atoms with Gasteiger partial charge in [-0.3, -0.25) is 0 Å². The molecule has 0 aromatic heterocycles. The Labute approximate surface area is 171 Å². The van der Waals surface area contributed by atoms with E-state index in [1.165, 1.54) is 0 Å². The van der Waals surface area contributed by atoms with Crippen LogP contribution in [0.4, 0.5) is 4.79 Å². The standard InChI is InChI=1S/C19H29BrN2O4.CH4/c1-19(2,3)26-18(24)22-9-7-15(8-10-22)21-12-16(23)13-25-17-6-4-5-14(20)11-17;/h4-6,11,15-16,21,23H,7-10,12-13H2,1-3H3;1H4/t16-;/m0./s1. The third-order valence-electron chi connectivity index (χ3n) is 4.03. The Morgan fingerprint density at radius 1 is 1.37 bits per heavy atom. The Morgan fingerprint density at radius 2 is 2.04 bits per heavy atom. The molecule has 1 saturated heterocycles. The summed E-state index contributed by atoms with van der Waals surface area (Å²) in [6.45, 7) is 7.64. The second-order valence-electron chi connectivity index (χ2n) is 7.57. The number of nitrogens with one attached hydrogen (secondary N) is 1. The van der Waals surface area contributed by atoms with E-state index in [0.29, 0.717) is 19.6 Å². The van der Waals surface area contributed by atoms with Gasteiger partial charge in [0.1, 0.15) is 24.1 Å². The van der Waals surface area contributed by atoms with E-state index in [2.05, 4.69) is 21.2 Å². The molecule has 27 heavy (non-hydrogen) atoms. The molecule has 1 heterocycles. The summed E-state index contributed by atoms with van der Waals surface area (Å²) >= 11 is 3.39. The third kappa shape index (κ3) is 8.95. The topological polar surface area (TPSA) is 71.0 Å². The van der Waals surface area contributed by atoms with Gasteiger partial charge in [0, 0.05) is 30.1 Å². The van der Waals surface area contributed by atoms with Gasteiger partial charge in [-0.05, 0) is 51.8 Å². The molecule has 1 atom stereocenters. The SMILES string of the molecule is C.CC(C)(C)OC(=O)N1CCC(NC[C@H](O)COc2cccc(Br)c2)CC1. The average molecular weight is 445 g/mol. The highest BCUT2D eigenvalue weighted by Gasteiger charge is 2.26. The number of likely N-dealkylation sites (tertiary alicyclic amines) is 1. The van der Waals surface area contributed by atoms with Gasteiger partial charge in [0.25, 0.3) is 0 Å². The lowest BCUT2D eigenvalue weighted by molar-refractivity contribution is 0.0192. The van der Waals surface area contributed by atoms with Crippen LogP contribution < -0.4 is 10.1 Å². The summed E-state index contributed by atoms with van der Waals surface area (Å²) in [4.78, 5) is 13.8.